The van der Waals surface area contributed by atoms with Crippen LogP contribution in [-0.4, -0.2) is 17.9 Å². The van der Waals surface area contributed by atoms with E-state index in [-0.39, 0.29) is 5.75 Å². The molecule has 14 heavy (non-hydrogen) atoms. The van der Waals surface area contributed by atoms with Crippen molar-refractivity contribution in [2.75, 3.05) is 6.61 Å². The lowest BCUT2D eigenvalue weighted by molar-refractivity contribution is 0.146. The quantitative estimate of drug-likeness (QED) is 0.475. The average Bonchev–Trinajstić information content (AvgIpc) is 2.18. The SMILES string of the molecule is CCCON=Cc1cc(Cl)ccc1O. The summed E-state index contributed by atoms with van der Waals surface area (Å²) in [5.74, 6) is 0.137. The van der Waals surface area contributed by atoms with Gasteiger partial charge in [-0.25, -0.2) is 0 Å². The van der Waals surface area contributed by atoms with Gasteiger partial charge in [0.15, 0.2) is 0 Å². The molecule has 0 spiro atoms. The maximum absolute atomic E-state index is 9.39. The fourth-order valence-electron chi connectivity index (χ4n) is 0.867. The number of aromatic hydroxyl groups is 1. The van der Waals surface area contributed by atoms with Crippen molar-refractivity contribution in [3.05, 3.63) is 28.8 Å². The summed E-state index contributed by atoms with van der Waals surface area (Å²) in [4.78, 5) is 4.90. The number of phenols is 1. The van der Waals surface area contributed by atoms with Gasteiger partial charge < -0.3 is 9.94 Å². The normalized spacial score (nSPS) is 10.7. The van der Waals surface area contributed by atoms with Gasteiger partial charge >= 0.3 is 0 Å². The van der Waals surface area contributed by atoms with E-state index in [1.165, 1.54) is 12.3 Å². The molecule has 3 nitrogen and oxygen atoms in total. The molecule has 0 unspecified atom stereocenters. The molecule has 0 aliphatic rings. The first-order chi connectivity index (χ1) is 6.74. The number of hydrogen-bond acceptors (Lipinski definition) is 3. The molecule has 0 aliphatic heterocycles. The summed E-state index contributed by atoms with van der Waals surface area (Å²) in [5.41, 5.74) is 0.550. The number of phenolic OH excluding ortho intramolecular Hbond substituents is 1. The summed E-state index contributed by atoms with van der Waals surface area (Å²) in [6.07, 6.45) is 2.34. The van der Waals surface area contributed by atoms with Crippen LogP contribution in [0.4, 0.5) is 0 Å². The minimum Gasteiger partial charge on any atom is -0.507 e. The van der Waals surface area contributed by atoms with Gasteiger partial charge in [-0.05, 0) is 24.6 Å². The molecular weight excluding hydrogens is 202 g/mol. The molecule has 1 rings (SSSR count). The Morgan fingerprint density at radius 3 is 3.07 bits per heavy atom. The second kappa shape index (κ2) is 5.50. The summed E-state index contributed by atoms with van der Waals surface area (Å²) in [7, 11) is 0. The maximum Gasteiger partial charge on any atom is 0.124 e. The topological polar surface area (TPSA) is 41.8 Å². The van der Waals surface area contributed by atoms with E-state index >= 15 is 0 Å². The fourth-order valence-corrected chi connectivity index (χ4v) is 1.05. The van der Waals surface area contributed by atoms with Crippen molar-refractivity contribution in [1.29, 1.82) is 0 Å². The molecule has 0 fully saturated rings. The standard InChI is InChI=1S/C10H12ClNO2/c1-2-5-14-12-7-8-6-9(11)3-4-10(8)13/h3-4,6-7,13H,2,5H2,1H3. The van der Waals surface area contributed by atoms with Gasteiger partial charge in [0, 0.05) is 10.6 Å². The van der Waals surface area contributed by atoms with Crippen molar-refractivity contribution < 1.29 is 9.94 Å². The van der Waals surface area contributed by atoms with Gasteiger partial charge in [-0.3, -0.25) is 0 Å². The molecule has 0 heterocycles. The second-order valence-corrected chi connectivity index (χ2v) is 3.21. The minimum atomic E-state index is 0.137. The summed E-state index contributed by atoms with van der Waals surface area (Å²) < 4.78 is 0. The van der Waals surface area contributed by atoms with Gasteiger partial charge in [0.1, 0.15) is 12.4 Å². The highest BCUT2D eigenvalue weighted by Gasteiger charge is 1.98. The molecule has 0 saturated carbocycles. The largest absolute Gasteiger partial charge is 0.507 e. The van der Waals surface area contributed by atoms with E-state index < -0.39 is 0 Å². The lowest BCUT2D eigenvalue weighted by atomic mass is 10.2. The van der Waals surface area contributed by atoms with Gasteiger partial charge in [-0.15, -0.1) is 0 Å². The zero-order valence-corrected chi connectivity index (χ0v) is 8.66. The third-order valence-corrected chi connectivity index (χ3v) is 1.79. The number of nitrogens with zero attached hydrogens (tertiary/aromatic N) is 1. The number of hydrogen-bond donors (Lipinski definition) is 1. The Hall–Kier alpha value is -1.22. The molecule has 1 N–H and O–H groups in total. The van der Waals surface area contributed by atoms with E-state index in [9.17, 15) is 5.11 Å². The molecule has 0 aromatic heterocycles. The molecule has 0 bridgehead atoms. The molecule has 76 valence electrons. The molecular formula is C10H12ClNO2. The Morgan fingerprint density at radius 2 is 2.36 bits per heavy atom. The van der Waals surface area contributed by atoms with Crippen molar-refractivity contribution in [3.8, 4) is 5.75 Å². The second-order valence-electron chi connectivity index (χ2n) is 2.77. The maximum atomic E-state index is 9.39. The molecule has 1 aromatic carbocycles. The van der Waals surface area contributed by atoms with Crippen LogP contribution in [0.3, 0.4) is 0 Å². The zero-order valence-electron chi connectivity index (χ0n) is 7.90. The van der Waals surface area contributed by atoms with Crippen LogP contribution >= 0.6 is 11.6 Å². The number of rotatable bonds is 4. The van der Waals surface area contributed by atoms with Crippen LogP contribution in [-0.2, 0) is 4.84 Å². The zero-order chi connectivity index (χ0) is 10.4. The molecule has 0 radical (unpaired) electrons. The number of halogens is 1. The Balaban J connectivity index is 2.65. The summed E-state index contributed by atoms with van der Waals surface area (Å²) in [6, 6.07) is 4.75. The first kappa shape index (κ1) is 10.9. The summed E-state index contributed by atoms with van der Waals surface area (Å²) >= 11 is 5.74. The average molecular weight is 214 g/mol. The minimum absolute atomic E-state index is 0.137. The third-order valence-electron chi connectivity index (χ3n) is 1.55. The van der Waals surface area contributed by atoms with Gasteiger partial charge in [-0.1, -0.05) is 23.7 Å². The molecule has 4 heteroatoms. The van der Waals surface area contributed by atoms with Gasteiger partial charge in [-0.2, -0.15) is 0 Å². The van der Waals surface area contributed by atoms with E-state index in [2.05, 4.69) is 5.16 Å². The Labute approximate surface area is 88.0 Å². The van der Waals surface area contributed by atoms with Crippen LogP contribution < -0.4 is 0 Å². The van der Waals surface area contributed by atoms with E-state index in [4.69, 9.17) is 16.4 Å². The van der Waals surface area contributed by atoms with Crippen molar-refractivity contribution in [1.82, 2.24) is 0 Å². The number of oxime groups is 1. The van der Waals surface area contributed by atoms with E-state index in [0.717, 1.165) is 6.42 Å². The lowest BCUT2D eigenvalue weighted by Gasteiger charge is -1.98. The van der Waals surface area contributed by atoms with Crippen LogP contribution in [0.1, 0.15) is 18.9 Å². The van der Waals surface area contributed by atoms with Crippen LogP contribution in [0.2, 0.25) is 5.02 Å². The highest BCUT2D eigenvalue weighted by Crippen LogP contribution is 2.19. The van der Waals surface area contributed by atoms with E-state index in [0.29, 0.717) is 17.2 Å². The van der Waals surface area contributed by atoms with Crippen molar-refractivity contribution >= 4 is 17.8 Å². The van der Waals surface area contributed by atoms with Crippen LogP contribution in [0, 0.1) is 0 Å². The Bertz CT molecular complexity index is 326. The molecule has 0 aliphatic carbocycles. The van der Waals surface area contributed by atoms with Gasteiger partial charge in [0.2, 0.25) is 0 Å². The van der Waals surface area contributed by atoms with Gasteiger partial charge in [0.05, 0.1) is 6.21 Å². The van der Waals surface area contributed by atoms with Gasteiger partial charge in [0.25, 0.3) is 0 Å². The monoisotopic (exact) mass is 213 g/mol. The van der Waals surface area contributed by atoms with E-state index in [1.54, 1.807) is 12.1 Å². The van der Waals surface area contributed by atoms with Crippen LogP contribution in [0.15, 0.2) is 23.4 Å². The lowest BCUT2D eigenvalue weighted by Crippen LogP contribution is -1.87. The molecule has 0 amide bonds. The summed E-state index contributed by atoms with van der Waals surface area (Å²) in [5, 5.41) is 13.6. The Kier molecular flexibility index (Phi) is 4.26. The first-order valence-electron chi connectivity index (χ1n) is 4.38. The smallest absolute Gasteiger partial charge is 0.124 e. The summed E-state index contributed by atoms with van der Waals surface area (Å²) in [6.45, 7) is 2.56. The highest BCUT2D eigenvalue weighted by atomic mass is 35.5. The molecule has 0 atom stereocenters. The van der Waals surface area contributed by atoms with Crippen molar-refractivity contribution in [2.45, 2.75) is 13.3 Å². The predicted molar refractivity (Wildman–Crippen MR) is 57.0 cm³/mol. The van der Waals surface area contributed by atoms with E-state index in [1.807, 2.05) is 6.92 Å². The molecule has 0 saturated heterocycles. The fraction of sp³-hybridized carbons (Fsp3) is 0.300. The first-order valence-corrected chi connectivity index (χ1v) is 4.75. The van der Waals surface area contributed by atoms with Crippen molar-refractivity contribution in [2.24, 2.45) is 5.16 Å². The highest BCUT2D eigenvalue weighted by molar-refractivity contribution is 6.30. The van der Waals surface area contributed by atoms with Crippen LogP contribution in [0.25, 0.3) is 0 Å². The van der Waals surface area contributed by atoms with Crippen LogP contribution in [0.5, 0.6) is 5.75 Å². The molecule has 1 aromatic rings. The van der Waals surface area contributed by atoms with Crippen molar-refractivity contribution in [3.63, 3.8) is 0 Å². The third kappa shape index (κ3) is 3.26. The number of benzene rings is 1. The Morgan fingerprint density at radius 1 is 1.57 bits per heavy atom. The predicted octanol–water partition coefficient (Wildman–Crippen LogP) is 2.81.